The zero-order valence-electron chi connectivity index (χ0n) is 7.12. The molecule has 0 unspecified atom stereocenters. The summed E-state index contributed by atoms with van der Waals surface area (Å²) in [7, 11) is 0.744. The van der Waals surface area contributed by atoms with Crippen molar-refractivity contribution >= 4 is 9.52 Å². The Morgan fingerprint density at radius 1 is 1.71 bits per heavy atom. The van der Waals surface area contributed by atoms with Gasteiger partial charge in [-0.1, -0.05) is 38.7 Å². The van der Waals surface area contributed by atoms with Crippen molar-refractivity contribution in [2.45, 2.75) is 38.7 Å². The quantitative estimate of drug-likeness (QED) is 0.495. The summed E-state index contributed by atoms with van der Waals surface area (Å²) in [5.41, 5.74) is 0. The Balaban J connectivity index is 3.43. The van der Waals surface area contributed by atoms with Crippen LogP contribution in [0.3, 0.4) is 0 Å². The van der Waals surface area contributed by atoms with Gasteiger partial charge in [-0.15, -0.1) is 0 Å². The summed E-state index contributed by atoms with van der Waals surface area (Å²) in [4.78, 5) is 0. The van der Waals surface area contributed by atoms with E-state index in [1.165, 1.54) is 0 Å². The summed E-state index contributed by atoms with van der Waals surface area (Å²) >= 11 is 0. The highest BCUT2D eigenvalue weighted by Gasteiger charge is 1.81. The average Bonchev–Trinajstić information content (AvgIpc) is 1.64. The minimum atomic E-state index is -0.887. The minimum Gasteiger partial charge on any atom is -0.0733 e. The van der Waals surface area contributed by atoms with E-state index in [4.69, 9.17) is 2.74 Å². The van der Waals surface area contributed by atoms with Gasteiger partial charge < -0.3 is 0 Å². The fourth-order valence-corrected chi connectivity index (χ4v) is 0.817. The maximum Gasteiger partial charge on any atom is 0.0342 e. The Labute approximate surface area is 51.9 Å². The van der Waals surface area contributed by atoms with Gasteiger partial charge in [-0.2, -0.15) is 0 Å². The Kier molecular flexibility index (Phi) is 3.67. The second-order valence-corrected chi connectivity index (χ2v) is 2.59. The van der Waals surface area contributed by atoms with Crippen LogP contribution >= 0.6 is 0 Å². The van der Waals surface area contributed by atoms with Crippen LogP contribution < -0.4 is 0 Å². The van der Waals surface area contributed by atoms with Crippen LogP contribution in [0.5, 0.6) is 0 Å². The molecule has 0 atom stereocenters. The monoisotopic (exact) mass is 116 g/mol. The molecule has 0 bridgehead atoms. The molecule has 0 heterocycles. The van der Waals surface area contributed by atoms with Crippen molar-refractivity contribution in [3.05, 3.63) is 0 Å². The fraction of sp³-hybridized carbons (Fsp3) is 1.00. The van der Waals surface area contributed by atoms with E-state index in [9.17, 15) is 0 Å². The van der Waals surface area contributed by atoms with Gasteiger partial charge in [0.25, 0.3) is 0 Å². The van der Waals surface area contributed by atoms with Gasteiger partial charge in [-0.3, -0.25) is 0 Å². The van der Waals surface area contributed by atoms with E-state index in [0.717, 1.165) is 22.0 Å². The Hall–Kier alpha value is 0.217. The van der Waals surface area contributed by atoms with Gasteiger partial charge >= 0.3 is 0 Å². The first-order valence-electron chi connectivity index (χ1n) is 3.77. The zero-order chi connectivity index (χ0) is 7.33. The molecule has 0 saturated carbocycles. The van der Waals surface area contributed by atoms with E-state index in [1.807, 2.05) is 13.5 Å². The van der Waals surface area contributed by atoms with E-state index in [2.05, 4.69) is 0 Å². The van der Waals surface area contributed by atoms with Crippen LogP contribution in [0.1, 0.15) is 28.9 Å². The van der Waals surface area contributed by atoms with Crippen molar-refractivity contribution in [3.63, 3.8) is 0 Å². The normalized spacial score (nSPS) is 15.7. The fourth-order valence-electron chi connectivity index (χ4n) is 0.390. The molecule has 0 fully saturated rings. The lowest BCUT2D eigenvalue weighted by Crippen LogP contribution is -1.79. The third-order valence-electron chi connectivity index (χ3n) is 0.729. The summed E-state index contributed by atoms with van der Waals surface area (Å²) in [5, 5.41) is 0. The molecule has 0 amide bonds. The molecule has 0 rings (SSSR count). The van der Waals surface area contributed by atoms with Crippen molar-refractivity contribution in [2.24, 2.45) is 0 Å². The average molecular weight is 116 g/mol. The van der Waals surface area contributed by atoms with Crippen LogP contribution in [-0.2, 0) is 0 Å². The standard InChI is InChI=1S/C6H14Si/c1-3-4-5-6-7-2/h3-6H2,1-2H3/i5D2. The molecule has 0 aliphatic carbocycles. The van der Waals surface area contributed by atoms with Gasteiger partial charge in [0.2, 0.25) is 0 Å². The van der Waals surface area contributed by atoms with Crippen molar-refractivity contribution in [1.82, 2.24) is 0 Å². The molecule has 0 aromatic carbocycles. The second kappa shape index (κ2) is 6.22. The van der Waals surface area contributed by atoms with Crippen molar-refractivity contribution < 1.29 is 2.74 Å². The lowest BCUT2D eigenvalue weighted by Gasteiger charge is -1.89. The molecule has 0 aliphatic rings. The van der Waals surface area contributed by atoms with E-state index in [1.54, 1.807) is 0 Å². The molecular formula is C6H14Si. The van der Waals surface area contributed by atoms with Gasteiger partial charge in [0.15, 0.2) is 0 Å². The van der Waals surface area contributed by atoms with Crippen LogP contribution in [0.15, 0.2) is 0 Å². The Bertz CT molecular complexity index is 65.5. The molecule has 0 aromatic heterocycles. The molecule has 1 heteroatoms. The van der Waals surface area contributed by atoms with E-state index < -0.39 is 6.37 Å². The molecule has 0 nitrogen and oxygen atoms in total. The number of rotatable bonds is 4. The first-order valence-corrected chi connectivity index (χ1v) is 4.47. The molecule has 0 saturated heterocycles. The van der Waals surface area contributed by atoms with Crippen molar-refractivity contribution in [3.8, 4) is 0 Å². The molecule has 42 valence electrons. The summed E-state index contributed by atoms with van der Waals surface area (Å²) < 4.78 is 14.8. The van der Waals surface area contributed by atoms with Gasteiger partial charge in [-0.25, -0.2) is 0 Å². The van der Waals surface area contributed by atoms with Crippen molar-refractivity contribution in [1.29, 1.82) is 0 Å². The first kappa shape index (κ1) is 4.13. The Morgan fingerprint density at radius 2 is 2.43 bits per heavy atom. The van der Waals surface area contributed by atoms with Crippen LogP contribution in [-0.4, -0.2) is 9.52 Å². The molecule has 2 radical (unpaired) electrons. The highest BCUT2D eigenvalue weighted by molar-refractivity contribution is 6.33. The number of hydrogen-bond donors (Lipinski definition) is 0. The molecule has 7 heavy (non-hydrogen) atoms. The van der Waals surface area contributed by atoms with E-state index in [0.29, 0.717) is 6.42 Å². The Morgan fingerprint density at radius 3 is 2.86 bits per heavy atom. The van der Waals surface area contributed by atoms with Crippen LogP contribution in [0.25, 0.3) is 0 Å². The maximum absolute atomic E-state index is 7.40. The van der Waals surface area contributed by atoms with Crippen molar-refractivity contribution in [2.75, 3.05) is 0 Å². The lowest BCUT2D eigenvalue weighted by atomic mass is 10.3. The molecular weight excluding hydrogens is 100 g/mol. The molecule has 0 spiro atoms. The van der Waals surface area contributed by atoms with Gasteiger partial charge in [0, 0.05) is 12.3 Å². The molecule has 0 aliphatic heterocycles. The van der Waals surface area contributed by atoms with Crippen LogP contribution in [0, 0.1) is 0 Å². The van der Waals surface area contributed by atoms with Crippen LogP contribution in [0.2, 0.25) is 12.6 Å². The third kappa shape index (κ3) is 6.22. The topological polar surface area (TPSA) is 0 Å². The first-order chi connectivity index (χ1) is 4.12. The highest BCUT2D eigenvalue weighted by atomic mass is 28.2. The smallest absolute Gasteiger partial charge is 0.0342 e. The molecule has 0 aromatic rings. The van der Waals surface area contributed by atoms with E-state index in [-0.39, 0.29) is 0 Å². The predicted molar refractivity (Wildman–Crippen MR) is 35.9 cm³/mol. The second-order valence-electron chi connectivity index (χ2n) is 1.53. The zero-order valence-corrected chi connectivity index (χ0v) is 6.12. The van der Waals surface area contributed by atoms with Gasteiger partial charge in [0.1, 0.15) is 0 Å². The third-order valence-corrected chi connectivity index (χ3v) is 1.33. The SMILES string of the molecule is [2H]C([2H])(CCC)C[Si]C. The highest BCUT2D eigenvalue weighted by Crippen LogP contribution is 1.97. The largest absolute Gasteiger partial charge is 0.0733 e. The van der Waals surface area contributed by atoms with Crippen LogP contribution in [0.4, 0.5) is 0 Å². The summed E-state index contributed by atoms with van der Waals surface area (Å²) in [6, 6.07) is 0.737. The van der Waals surface area contributed by atoms with Gasteiger partial charge in [0.05, 0.1) is 0 Å². The van der Waals surface area contributed by atoms with E-state index >= 15 is 0 Å². The number of hydrogen-bond acceptors (Lipinski definition) is 0. The lowest BCUT2D eigenvalue weighted by molar-refractivity contribution is 0.769. The summed E-state index contributed by atoms with van der Waals surface area (Å²) in [6.45, 7) is 4.07. The summed E-state index contributed by atoms with van der Waals surface area (Å²) in [5.74, 6) is 0. The maximum atomic E-state index is 7.40. The molecule has 0 N–H and O–H groups in total. The van der Waals surface area contributed by atoms with Gasteiger partial charge in [-0.05, 0) is 0 Å². The predicted octanol–water partition coefficient (Wildman–Crippen LogP) is 2.35. The minimum absolute atomic E-state index is 0.716. The summed E-state index contributed by atoms with van der Waals surface area (Å²) in [6.07, 6.45) is 0.785.